The molecule has 100 valence electrons. The van der Waals surface area contributed by atoms with Crippen molar-refractivity contribution in [2.24, 2.45) is 5.73 Å². The van der Waals surface area contributed by atoms with Gasteiger partial charge in [0.2, 0.25) is 5.91 Å². The van der Waals surface area contributed by atoms with Gasteiger partial charge in [-0.15, -0.1) is 0 Å². The van der Waals surface area contributed by atoms with Crippen molar-refractivity contribution in [3.63, 3.8) is 0 Å². The smallest absolute Gasteiger partial charge is 0.242 e. The topological polar surface area (TPSA) is 82.2 Å². The van der Waals surface area contributed by atoms with Gasteiger partial charge in [0.1, 0.15) is 11.0 Å². The predicted molar refractivity (Wildman–Crippen MR) is 72.3 cm³/mol. The van der Waals surface area contributed by atoms with Crippen LogP contribution in [0.1, 0.15) is 25.2 Å². The maximum atomic E-state index is 11.9. The van der Waals surface area contributed by atoms with Crippen LogP contribution in [0, 0.1) is 0 Å². The molecule has 1 rings (SSSR count). The second kappa shape index (κ2) is 7.07. The van der Waals surface area contributed by atoms with Gasteiger partial charge in [0.25, 0.3) is 0 Å². The van der Waals surface area contributed by atoms with Gasteiger partial charge in [0.05, 0.1) is 0 Å². The van der Waals surface area contributed by atoms with E-state index in [2.05, 4.69) is 10.3 Å². The third kappa shape index (κ3) is 3.78. The lowest BCUT2D eigenvalue weighted by Gasteiger charge is -2.15. The number of hydrogen-bond acceptors (Lipinski definition) is 4. The number of amides is 1. The highest BCUT2D eigenvalue weighted by Crippen LogP contribution is 2.09. The summed E-state index contributed by atoms with van der Waals surface area (Å²) in [6.07, 6.45) is 4.04. The van der Waals surface area contributed by atoms with Gasteiger partial charge in [-0.1, -0.05) is 12.2 Å². The average molecular weight is 270 g/mol. The van der Waals surface area contributed by atoms with Crippen LogP contribution in [0.5, 0.6) is 0 Å². The molecule has 0 bridgehead atoms. The molecule has 0 aliphatic rings. The van der Waals surface area contributed by atoms with E-state index in [0.29, 0.717) is 19.0 Å². The SMILES string of the molecule is COCCCNC(=O)C(C)n1ccnc1C(N)=S. The van der Waals surface area contributed by atoms with Gasteiger partial charge in [-0.25, -0.2) is 4.98 Å². The van der Waals surface area contributed by atoms with Crippen LogP contribution >= 0.6 is 12.2 Å². The van der Waals surface area contributed by atoms with E-state index in [1.54, 1.807) is 31.0 Å². The van der Waals surface area contributed by atoms with Gasteiger partial charge in [-0.3, -0.25) is 4.79 Å². The predicted octanol–water partition coefficient (Wildman–Crippen LogP) is 0.231. The molecule has 7 heteroatoms. The molecular formula is C11H18N4O2S. The Bertz CT molecular complexity index is 419. The molecule has 0 radical (unpaired) electrons. The van der Waals surface area contributed by atoms with Crippen molar-refractivity contribution in [1.82, 2.24) is 14.9 Å². The number of ether oxygens (including phenoxy) is 1. The average Bonchev–Trinajstić information content (AvgIpc) is 2.82. The first kappa shape index (κ1) is 14.6. The van der Waals surface area contributed by atoms with Crippen molar-refractivity contribution < 1.29 is 9.53 Å². The van der Waals surface area contributed by atoms with Crippen molar-refractivity contribution in [3.8, 4) is 0 Å². The van der Waals surface area contributed by atoms with E-state index in [1.807, 2.05) is 0 Å². The molecule has 18 heavy (non-hydrogen) atoms. The summed E-state index contributed by atoms with van der Waals surface area (Å²) in [6, 6.07) is -0.397. The number of carbonyl (C=O) groups is 1. The normalized spacial score (nSPS) is 12.1. The summed E-state index contributed by atoms with van der Waals surface area (Å²) in [7, 11) is 1.63. The molecule has 0 saturated carbocycles. The maximum Gasteiger partial charge on any atom is 0.242 e. The van der Waals surface area contributed by atoms with Crippen molar-refractivity contribution in [2.45, 2.75) is 19.4 Å². The molecule has 0 aromatic carbocycles. The highest BCUT2D eigenvalue weighted by Gasteiger charge is 2.18. The number of thiocarbonyl (C=S) groups is 1. The van der Waals surface area contributed by atoms with Gasteiger partial charge < -0.3 is 20.4 Å². The maximum absolute atomic E-state index is 11.9. The number of nitrogens with two attached hydrogens (primary N) is 1. The summed E-state index contributed by atoms with van der Waals surface area (Å²) in [4.78, 5) is 16.1. The molecule has 0 aliphatic carbocycles. The van der Waals surface area contributed by atoms with Crippen molar-refractivity contribution in [3.05, 3.63) is 18.2 Å². The van der Waals surface area contributed by atoms with Crippen molar-refractivity contribution >= 4 is 23.1 Å². The van der Waals surface area contributed by atoms with Gasteiger partial charge >= 0.3 is 0 Å². The summed E-state index contributed by atoms with van der Waals surface area (Å²) >= 11 is 4.88. The summed E-state index contributed by atoms with van der Waals surface area (Å²) in [5.74, 6) is 0.353. The van der Waals surface area contributed by atoms with E-state index in [1.165, 1.54) is 0 Å². The number of nitrogens with zero attached hydrogens (tertiary/aromatic N) is 2. The first-order valence-electron chi connectivity index (χ1n) is 5.67. The van der Waals surface area contributed by atoms with Crippen LogP contribution < -0.4 is 11.1 Å². The van der Waals surface area contributed by atoms with Crippen LogP contribution in [0.2, 0.25) is 0 Å². The Balaban J connectivity index is 2.57. The van der Waals surface area contributed by atoms with Gasteiger partial charge in [-0.05, 0) is 13.3 Å². The number of nitrogens with one attached hydrogen (secondary N) is 1. The van der Waals surface area contributed by atoms with E-state index in [0.717, 1.165) is 6.42 Å². The zero-order valence-corrected chi connectivity index (χ0v) is 11.4. The molecular weight excluding hydrogens is 252 g/mol. The van der Waals surface area contributed by atoms with Gasteiger partial charge in [-0.2, -0.15) is 0 Å². The van der Waals surface area contributed by atoms with Crippen LogP contribution in [-0.2, 0) is 9.53 Å². The van der Waals surface area contributed by atoms with E-state index < -0.39 is 6.04 Å². The number of aromatic nitrogens is 2. The molecule has 1 unspecified atom stereocenters. The molecule has 6 nitrogen and oxygen atoms in total. The van der Waals surface area contributed by atoms with Gasteiger partial charge in [0.15, 0.2) is 5.82 Å². The number of carbonyl (C=O) groups excluding carboxylic acids is 1. The molecule has 1 amide bonds. The molecule has 0 saturated heterocycles. The lowest BCUT2D eigenvalue weighted by molar-refractivity contribution is -0.123. The zero-order chi connectivity index (χ0) is 13.5. The fourth-order valence-corrected chi connectivity index (χ4v) is 1.68. The fourth-order valence-electron chi connectivity index (χ4n) is 1.52. The second-order valence-corrected chi connectivity index (χ2v) is 4.28. The zero-order valence-electron chi connectivity index (χ0n) is 10.5. The van der Waals surface area contributed by atoms with E-state index in [9.17, 15) is 4.79 Å². The molecule has 1 atom stereocenters. The first-order chi connectivity index (χ1) is 8.57. The molecule has 0 spiro atoms. The number of methoxy groups -OCH3 is 1. The summed E-state index contributed by atoms with van der Waals surface area (Å²) in [5.41, 5.74) is 5.54. The Morgan fingerprint density at radius 3 is 3.06 bits per heavy atom. The lowest BCUT2D eigenvalue weighted by atomic mass is 10.3. The minimum absolute atomic E-state index is 0.0957. The highest BCUT2D eigenvalue weighted by molar-refractivity contribution is 7.80. The number of rotatable bonds is 7. The third-order valence-electron chi connectivity index (χ3n) is 2.51. The van der Waals surface area contributed by atoms with E-state index >= 15 is 0 Å². The summed E-state index contributed by atoms with van der Waals surface area (Å²) in [5, 5.41) is 2.82. The third-order valence-corrected chi connectivity index (χ3v) is 2.69. The fraction of sp³-hybridized carbons (Fsp3) is 0.545. The lowest BCUT2D eigenvalue weighted by Crippen LogP contribution is -2.33. The van der Waals surface area contributed by atoms with E-state index in [-0.39, 0.29) is 10.9 Å². The molecule has 1 heterocycles. The minimum atomic E-state index is -0.397. The van der Waals surface area contributed by atoms with E-state index in [4.69, 9.17) is 22.7 Å². The highest BCUT2D eigenvalue weighted by atomic mass is 32.1. The monoisotopic (exact) mass is 270 g/mol. The quantitative estimate of drug-likeness (QED) is 0.547. The summed E-state index contributed by atoms with van der Waals surface area (Å²) in [6.45, 7) is 2.97. The van der Waals surface area contributed by atoms with Crippen LogP contribution in [0.3, 0.4) is 0 Å². The van der Waals surface area contributed by atoms with Crippen LogP contribution in [0.15, 0.2) is 12.4 Å². The van der Waals surface area contributed by atoms with Crippen LogP contribution in [0.25, 0.3) is 0 Å². The Kier molecular flexibility index (Phi) is 5.73. The Labute approximate surface area is 112 Å². The Hall–Kier alpha value is -1.47. The second-order valence-electron chi connectivity index (χ2n) is 3.84. The molecule has 1 aromatic heterocycles. The molecule has 0 aliphatic heterocycles. The molecule has 1 aromatic rings. The standard InChI is InChI=1S/C11H18N4O2S/c1-8(11(16)14-4-3-7-17-2)15-6-5-13-10(15)9(12)18/h5-6,8H,3-4,7H2,1-2H3,(H2,12,18)(H,14,16). The first-order valence-corrected chi connectivity index (χ1v) is 6.08. The van der Waals surface area contributed by atoms with Crippen molar-refractivity contribution in [1.29, 1.82) is 0 Å². The number of imidazole rings is 1. The largest absolute Gasteiger partial charge is 0.387 e. The van der Waals surface area contributed by atoms with Gasteiger partial charge in [0, 0.05) is 32.7 Å². The molecule has 3 N–H and O–H groups in total. The van der Waals surface area contributed by atoms with Crippen LogP contribution in [0.4, 0.5) is 0 Å². The van der Waals surface area contributed by atoms with Crippen molar-refractivity contribution in [2.75, 3.05) is 20.3 Å². The van der Waals surface area contributed by atoms with Crippen LogP contribution in [-0.4, -0.2) is 40.7 Å². The number of hydrogen-bond donors (Lipinski definition) is 2. The Morgan fingerprint density at radius 2 is 2.44 bits per heavy atom. The molecule has 0 fully saturated rings. The summed E-state index contributed by atoms with van der Waals surface area (Å²) < 4.78 is 6.57. The Morgan fingerprint density at radius 1 is 1.72 bits per heavy atom. The minimum Gasteiger partial charge on any atom is -0.387 e.